The lowest BCUT2D eigenvalue weighted by Crippen LogP contribution is -2.28. The summed E-state index contributed by atoms with van der Waals surface area (Å²) < 4.78 is 0. The maximum Gasteiger partial charge on any atom is 0.0714 e. The van der Waals surface area contributed by atoms with E-state index >= 15 is 0 Å². The van der Waals surface area contributed by atoms with Crippen molar-refractivity contribution in [2.24, 2.45) is 0 Å². The Labute approximate surface area is 400 Å². The van der Waals surface area contributed by atoms with E-state index in [1.165, 1.54) is 88.6 Å². The van der Waals surface area contributed by atoms with Crippen LogP contribution in [0.3, 0.4) is 0 Å². The highest BCUT2D eigenvalue weighted by Gasteiger charge is 2.47. The van der Waals surface area contributed by atoms with E-state index in [0.717, 1.165) is 27.6 Å². The van der Waals surface area contributed by atoms with Gasteiger partial charge in [-0.1, -0.05) is 250 Å². The van der Waals surface area contributed by atoms with Gasteiger partial charge in [0.1, 0.15) is 0 Å². The number of hydrogen-bond donors (Lipinski definition) is 0. The minimum absolute atomic E-state index is 0.631. The number of rotatable bonds is 5. The second-order valence-corrected chi connectivity index (χ2v) is 16.1. The van der Waals surface area contributed by atoms with E-state index in [1.54, 1.807) is 0 Å². The standard InChI is InChI=1S/C58H38.C3H8.3C2H6/c1-3-19-46-43(4-2)53(35-39-21-12-13-26-44(39)46)54-37-56-57(50-31-18-17-30-49(50)54)51-33-32-40(52-34-38-20-11-14-27-45(38)47-28-15-16-29-48(47)52)36-55(51)58(56,41-22-7-5-8-23-41)42-24-9-6-10-25-42;1-3-2;3*1-2/h2-3,5-37H,1H3;3H2,1-2H3;3*1-2H3/b19-3-;;;;. The fraction of sp³-hybridized carbons (Fsp3) is 0.164. The van der Waals surface area contributed by atoms with Crippen molar-refractivity contribution in [3.05, 3.63) is 234 Å². The van der Waals surface area contributed by atoms with Crippen molar-refractivity contribution in [2.45, 2.75) is 74.1 Å². The van der Waals surface area contributed by atoms with Gasteiger partial charge in [-0.05, 0) is 135 Å². The lowest BCUT2D eigenvalue weighted by molar-refractivity contribution is 0.769. The van der Waals surface area contributed by atoms with Crippen LogP contribution in [0.4, 0.5) is 0 Å². The third kappa shape index (κ3) is 8.26. The van der Waals surface area contributed by atoms with Crippen LogP contribution in [0.25, 0.3) is 82.5 Å². The van der Waals surface area contributed by atoms with Crippen LogP contribution in [0.1, 0.15) is 102 Å². The first kappa shape index (κ1) is 47.5. The van der Waals surface area contributed by atoms with Gasteiger partial charge in [0.25, 0.3) is 0 Å². The molecule has 0 N–H and O–H groups in total. The quantitative estimate of drug-likeness (QED) is 0.119. The van der Waals surface area contributed by atoms with Gasteiger partial charge in [0.2, 0.25) is 0 Å². The summed E-state index contributed by atoms with van der Waals surface area (Å²) in [5, 5.41) is 9.77. The van der Waals surface area contributed by atoms with Gasteiger partial charge >= 0.3 is 0 Å². The molecule has 10 aromatic rings. The minimum atomic E-state index is -0.631. The van der Waals surface area contributed by atoms with Crippen LogP contribution in [-0.4, -0.2) is 0 Å². The molecule has 0 bridgehead atoms. The molecule has 0 amide bonds. The Hall–Kier alpha value is -7.46. The summed E-state index contributed by atoms with van der Waals surface area (Å²) in [6.45, 7) is 18.3. The summed E-state index contributed by atoms with van der Waals surface area (Å²) in [5.41, 5.74) is 13.5. The first-order valence-electron chi connectivity index (χ1n) is 24.5. The number of benzene rings is 10. The molecule has 0 heteroatoms. The monoisotopic (exact) mass is 869 g/mol. The Morgan fingerprint density at radius 2 is 0.896 bits per heavy atom. The normalized spacial score (nSPS) is 11.8. The van der Waals surface area contributed by atoms with Gasteiger partial charge in [-0.3, -0.25) is 0 Å². The highest BCUT2D eigenvalue weighted by molar-refractivity contribution is 6.15. The summed E-state index contributed by atoms with van der Waals surface area (Å²) in [5.74, 6) is 3.17. The highest BCUT2D eigenvalue weighted by atomic mass is 14.5. The van der Waals surface area contributed by atoms with Crippen LogP contribution in [0.2, 0.25) is 0 Å². The predicted octanol–water partition coefficient (Wildman–Crippen LogP) is 19.5. The van der Waals surface area contributed by atoms with E-state index in [1.807, 2.05) is 41.5 Å². The molecular formula is C67H64. The Bertz CT molecular complexity index is 3320. The van der Waals surface area contributed by atoms with Gasteiger partial charge in [-0.15, -0.1) is 6.42 Å². The Kier molecular flexibility index (Phi) is 15.4. The third-order valence-corrected chi connectivity index (χ3v) is 12.5. The van der Waals surface area contributed by atoms with Gasteiger partial charge in [0.15, 0.2) is 0 Å². The summed E-state index contributed by atoms with van der Waals surface area (Å²) >= 11 is 0. The van der Waals surface area contributed by atoms with E-state index in [2.05, 4.69) is 233 Å². The number of allylic oxidation sites excluding steroid dienone is 1. The van der Waals surface area contributed by atoms with Gasteiger partial charge in [0, 0.05) is 5.56 Å². The average Bonchev–Trinajstić information content (AvgIpc) is 3.71. The smallest absolute Gasteiger partial charge is 0.0714 e. The third-order valence-electron chi connectivity index (χ3n) is 12.5. The topological polar surface area (TPSA) is 0 Å². The molecule has 0 heterocycles. The first-order valence-corrected chi connectivity index (χ1v) is 24.5. The molecule has 11 rings (SSSR count). The summed E-state index contributed by atoms with van der Waals surface area (Å²) in [6.07, 6.45) is 12.0. The maximum absolute atomic E-state index is 6.53. The van der Waals surface area contributed by atoms with Crippen molar-refractivity contribution >= 4 is 49.2 Å². The van der Waals surface area contributed by atoms with Crippen LogP contribution in [0, 0.1) is 12.3 Å². The fourth-order valence-corrected chi connectivity index (χ4v) is 10.1. The van der Waals surface area contributed by atoms with Crippen molar-refractivity contribution in [3.8, 4) is 45.7 Å². The Morgan fingerprint density at radius 3 is 1.46 bits per heavy atom. The van der Waals surface area contributed by atoms with Crippen LogP contribution >= 0.6 is 0 Å². The van der Waals surface area contributed by atoms with Crippen LogP contribution < -0.4 is 0 Å². The summed E-state index contributed by atoms with van der Waals surface area (Å²) in [6, 6.07) is 71.7. The molecule has 0 nitrogen and oxygen atoms in total. The molecule has 1 aliphatic rings. The molecule has 0 saturated carbocycles. The SMILES string of the molecule is C#Cc1c(-c2cc3c(c4ccccc24)-c2ccc(-c4cc5ccccc5c5ccccc45)cc2C3(c2ccccc2)c2ccccc2)cc2ccccc2c1/C=C\C.CC.CC.CC.CCC. The number of fused-ring (bicyclic) bond motifs is 9. The van der Waals surface area contributed by atoms with Crippen molar-refractivity contribution in [1.29, 1.82) is 0 Å². The van der Waals surface area contributed by atoms with Crippen LogP contribution in [0.15, 0.2) is 200 Å². The van der Waals surface area contributed by atoms with Crippen LogP contribution in [-0.2, 0) is 5.41 Å². The molecule has 0 aromatic heterocycles. The second kappa shape index (κ2) is 21.7. The lowest BCUT2D eigenvalue weighted by atomic mass is 9.67. The van der Waals surface area contributed by atoms with E-state index in [-0.39, 0.29) is 0 Å². The molecule has 332 valence electrons. The zero-order valence-electron chi connectivity index (χ0n) is 40.9. The van der Waals surface area contributed by atoms with Crippen molar-refractivity contribution < 1.29 is 0 Å². The molecule has 67 heavy (non-hydrogen) atoms. The summed E-state index contributed by atoms with van der Waals surface area (Å²) in [7, 11) is 0. The van der Waals surface area contributed by atoms with Gasteiger partial charge < -0.3 is 0 Å². The van der Waals surface area contributed by atoms with Gasteiger partial charge in [-0.2, -0.15) is 0 Å². The van der Waals surface area contributed by atoms with Crippen LogP contribution in [0.5, 0.6) is 0 Å². The predicted molar refractivity (Wildman–Crippen MR) is 297 cm³/mol. The van der Waals surface area contributed by atoms with Crippen molar-refractivity contribution in [1.82, 2.24) is 0 Å². The first-order chi connectivity index (χ1) is 33.1. The molecule has 0 spiro atoms. The second-order valence-electron chi connectivity index (χ2n) is 16.1. The zero-order valence-corrected chi connectivity index (χ0v) is 40.9. The number of terminal acetylenes is 1. The largest absolute Gasteiger partial charge is 0.115 e. The van der Waals surface area contributed by atoms with Gasteiger partial charge in [-0.25, -0.2) is 0 Å². The van der Waals surface area contributed by atoms with E-state index in [4.69, 9.17) is 6.42 Å². The van der Waals surface area contributed by atoms with Crippen molar-refractivity contribution in [2.75, 3.05) is 0 Å². The lowest BCUT2D eigenvalue weighted by Gasteiger charge is -2.34. The molecular weight excluding hydrogens is 805 g/mol. The maximum atomic E-state index is 6.53. The molecule has 0 radical (unpaired) electrons. The molecule has 0 atom stereocenters. The Balaban J connectivity index is 0.000000697. The van der Waals surface area contributed by atoms with Gasteiger partial charge in [0.05, 0.1) is 5.41 Å². The fourth-order valence-electron chi connectivity index (χ4n) is 10.1. The molecule has 0 fully saturated rings. The number of hydrogen-bond acceptors (Lipinski definition) is 0. The summed E-state index contributed by atoms with van der Waals surface area (Å²) in [4.78, 5) is 0. The Morgan fingerprint density at radius 1 is 0.433 bits per heavy atom. The molecule has 0 saturated heterocycles. The molecule has 0 aliphatic heterocycles. The van der Waals surface area contributed by atoms with E-state index in [0.29, 0.717) is 0 Å². The molecule has 0 unspecified atom stereocenters. The highest BCUT2D eigenvalue weighted by Crippen LogP contribution is 2.60. The average molecular weight is 869 g/mol. The van der Waals surface area contributed by atoms with E-state index < -0.39 is 5.41 Å². The molecule has 10 aromatic carbocycles. The molecule has 1 aliphatic carbocycles. The van der Waals surface area contributed by atoms with Crippen molar-refractivity contribution in [3.63, 3.8) is 0 Å². The zero-order chi connectivity index (χ0) is 47.5. The van der Waals surface area contributed by atoms with E-state index in [9.17, 15) is 0 Å². The minimum Gasteiger partial charge on any atom is -0.115 e.